The topological polar surface area (TPSA) is 41.6 Å². The molecule has 2 rings (SSSR count). The molecule has 1 saturated heterocycles. The lowest BCUT2D eigenvalue weighted by Crippen LogP contribution is -2.49. The highest BCUT2D eigenvalue weighted by Gasteiger charge is 2.29. The molecule has 0 aromatic heterocycles. The van der Waals surface area contributed by atoms with E-state index < -0.39 is 0 Å². The average Bonchev–Trinajstić information content (AvgIpc) is 3.39. The minimum Gasteiger partial charge on any atom is -0.504 e. The summed E-state index contributed by atoms with van der Waals surface area (Å²) in [6.07, 6.45) is 13.1. The van der Waals surface area contributed by atoms with Crippen LogP contribution >= 0.6 is 0 Å². The SMILES string of the molecule is CO/C=C/C=C\C(F)=C\CN1CCCCC1C(=O)NCC1CC1. The molecule has 0 aromatic rings. The van der Waals surface area contributed by atoms with Gasteiger partial charge in [-0.25, -0.2) is 4.39 Å². The van der Waals surface area contributed by atoms with Crippen LogP contribution in [0.15, 0.2) is 36.4 Å². The van der Waals surface area contributed by atoms with Gasteiger partial charge < -0.3 is 10.1 Å². The van der Waals surface area contributed by atoms with Crippen molar-refractivity contribution in [3.8, 4) is 0 Å². The van der Waals surface area contributed by atoms with Gasteiger partial charge in [-0.15, -0.1) is 0 Å². The minimum absolute atomic E-state index is 0.101. The van der Waals surface area contributed by atoms with Crippen molar-refractivity contribution in [3.05, 3.63) is 36.4 Å². The number of allylic oxidation sites excluding steroid dienone is 4. The molecule has 5 heteroatoms. The number of halogens is 1. The predicted octanol–water partition coefficient (Wildman–Crippen LogP) is 2.94. The molecule has 1 saturated carbocycles. The van der Waals surface area contributed by atoms with Gasteiger partial charge in [0.2, 0.25) is 5.91 Å². The van der Waals surface area contributed by atoms with Crippen molar-refractivity contribution in [2.45, 2.75) is 38.1 Å². The molecule has 23 heavy (non-hydrogen) atoms. The Labute approximate surface area is 138 Å². The van der Waals surface area contributed by atoms with Crippen molar-refractivity contribution in [1.82, 2.24) is 10.2 Å². The number of rotatable bonds is 8. The van der Waals surface area contributed by atoms with E-state index in [4.69, 9.17) is 4.74 Å². The zero-order valence-electron chi connectivity index (χ0n) is 13.8. The molecule has 4 nitrogen and oxygen atoms in total. The van der Waals surface area contributed by atoms with E-state index in [0.717, 1.165) is 32.4 Å². The molecule has 1 atom stereocenters. The van der Waals surface area contributed by atoms with Crippen molar-refractivity contribution in [2.24, 2.45) is 5.92 Å². The summed E-state index contributed by atoms with van der Waals surface area (Å²) in [6.45, 7) is 2.10. The largest absolute Gasteiger partial charge is 0.504 e. The van der Waals surface area contributed by atoms with Gasteiger partial charge in [0.05, 0.1) is 19.4 Å². The van der Waals surface area contributed by atoms with Crippen LogP contribution in [-0.2, 0) is 9.53 Å². The number of amides is 1. The number of ether oxygens (including phenoxy) is 1. The fourth-order valence-electron chi connectivity index (χ4n) is 2.74. The molecule has 0 spiro atoms. The summed E-state index contributed by atoms with van der Waals surface area (Å²) in [7, 11) is 1.54. The fourth-order valence-corrected chi connectivity index (χ4v) is 2.74. The molecule has 1 unspecified atom stereocenters. The van der Waals surface area contributed by atoms with Gasteiger partial charge in [0.25, 0.3) is 0 Å². The summed E-state index contributed by atoms with van der Waals surface area (Å²) in [4.78, 5) is 14.4. The van der Waals surface area contributed by atoms with Crippen LogP contribution in [0, 0.1) is 5.92 Å². The minimum atomic E-state index is -0.298. The summed E-state index contributed by atoms with van der Waals surface area (Å²) < 4.78 is 18.5. The van der Waals surface area contributed by atoms with Gasteiger partial charge in [-0.2, -0.15) is 0 Å². The Morgan fingerprint density at radius 3 is 2.87 bits per heavy atom. The predicted molar refractivity (Wildman–Crippen MR) is 89.4 cm³/mol. The van der Waals surface area contributed by atoms with E-state index in [-0.39, 0.29) is 17.8 Å². The van der Waals surface area contributed by atoms with Gasteiger partial charge in [-0.3, -0.25) is 9.69 Å². The van der Waals surface area contributed by atoms with Gasteiger partial charge in [-0.1, -0.05) is 12.5 Å². The number of nitrogens with zero attached hydrogens (tertiary/aromatic N) is 1. The number of nitrogens with one attached hydrogen (secondary N) is 1. The van der Waals surface area contributed by atoms with Crippen molar-refractivity contribution >= 4 is 5.91 Å². The Hall–Kier alpha value is -1.62. The summed E-state index contributed by atoms with van der Waals surface area (Å²) in [5, 5.41) is 3.05. The van der Waals surface area contributed by atoms with Crippen LogP contribution in [0.2, 0.25) is 0 Å². The smallest absolute Gasteiger partial charge is 0.237 e. The van der Waals surface area contributed by atoms with Crippen LogP contribution in [0.4, 0.5) is 4.39 Å². The molecule has 1 aliphatic heterocycles. The third kappa shape index (κ3) is 6.57. The normalized spacial score (nSPS) is 23.6. The Morgan fingerprint density at radius 1 is 1.30 bits per heavy atom. The molecular formula is C18H27FN2O2. The molecule has 1 amide bonds. The van der Waals surface area contributed by atoms with Gasteiger partial charge in [0.1, 0.15) is 5.83 Å². The van der Waals surface area contributed by atoms with E-state index in [0.29, 0.717) is 12.5 Å². The standard InChI is InChI=1S/C18H27FN2O2/c1-23-13-5-3-6-16(19)10-12-21-11-4-2-7-17(21)18(22)20-14-15-8-9-15/h3,5-6,10,13,15,17H,2,4,7-9,11-12,14H2,1H3,(H,20,22)/b6-3-,13-5+,16-10-. The van der Waals surface area contributed by atoms with E-state index >= 15 is 0 Å². The van der Waals surface area contributed by atoms with E-state index in [1.165, 1.54) is 31.3 Å². The molecule has 1 aliphatic carbocycles. The maximum Gasteiger partial charge on any atom is 0.237 e. The van der Waals surface area contributed by atoms with Crippen LogP contribution in [0.25, 0.3) is 0 Å². The Kier molecular flexibility index (Phi) is 7.33. The molecule has 0 radical (unpaired) electrons. The molecule has 2 fully saturated rings. The maximum atomic E-state index is 13.7. The highest BCUT2D eigenvalue weighted by atomic mass is 19.1. The van der Waals surface area contributed by atoms with Crippen molar-refractivity contribution in [3.63, 3.8) is 0 Å². The van der Waals surface area contributed by atoms with E-state index in [2.05, 4.69) is 10.2 Å². The van der Waals surface area contributed by atoms with Crippen LogP contribution < -0.4 is 5.32 Å². The summed E-state index contributed by atoms with van der Waals surface area (Å²) in [5.74, 6) is 0.482. The van der Waals surface area contributed by atoms with Crippen molar-refractivity contribution in [1.29, 1.82) is 0 Å². The lowest BCUT2D eigenvalue weighted by atomic mass is 10.0. The van der Waals surface area contributed by atoms with Crippen LogP contribution in [-0.4, -0.2) is 43.6 Å². The number of hydrogen-bond donors (Lipinski definition) is 1. The third-order valence-electron chi connectivity index (χ3n) is 4.28. The zero-order chi connectivity index (χ0) is 16.5. The van der Waals surface area contributed by atoms with E-state index in [9.17, 15) is 9.18 Å². The highest BCUT2D eigenvalue weighted by molar-refractivity contribution is 5.81. The summed E-state index contributed by atoms with van der Waals surface area (Å²) in [5.41, 5.74) is 0. The van der Waals surface area contributed by atoms with Crippen molar-refractivity contribution in [2.75, 3.05) is 26.7 Å². The van der Waals surface area contributed by atoms with Crippen LogP contribution in [0.5, 0.6) is 0 Å². The molecule has 128 valence electrons. The van der Waals surface area contributed by atoms with Gasteiger partial charge >= 0.3 is 0 Å². The van der Waals surface area contributed by atoms with Crippen LogP contribution in [0.3, 0.4) is 0 Å². The second-order valence-electron chi connectivity index (χ2n) is 6.21. The van der Waals surface area contributed by atoms with Gasteiger partial charge in [0.15, 0.2) is 0 Å². The highest BCUT2D eigenvalue weighted by Crippen LogP contribution is 2.27. The van der Waals surface area contributed by atoms with Crippen LogP contribution in [0.1, 0.15) is 32.1 Å². The monoisotopic (exact) mass is 322 g/mol. The lowest BCUT2D eigenvalue weighted by molar-refractivity contribution is -0.127. The van der Waals surface area contributed by atoms with E-state index in [1.807, 2.05) is 0 Å². The molecular weight excluding hydrogens is 295 g/mol. The first kappa shape index (κ1) is 17.7. The molecule has 1 N–H and O–H groups in total. The first-order valence-electron chi connectivity index (χ1n) is 8.44. The first-order chi connectivity index (χ1) is 11.2. The quantitative estimate of drug-likeness (QED) is 0.552. The molecule has 1 heterocycles. The average molecular weight is 322 g/mol. The zero-order valence-corrected chi connectivity index (χ0v) is 13.8. The Bertz CT molecular complexity index is 470. The maximum absolute atomic E-state index is 13.7. The number of carbonyl (C=O) groups is 1. The van der Waals surface area contributed by atoms with Gasteiger partial charge in [-0.05, 0) is 56.4 Å². The number of likely N-dealkylation sites (tertiary alicyclic amines) is 1. The number of piperidine rings is 1. The molecule has 0 bridgehead atoms. The molecule has 2 aliphatic rings. The first-order valence-corrected chi connectivity index (χ1v) is 8.44. The third-order valence-corrected chi connectivity index (χ3v) is 4.28. The molecule has 0 aromatic carbocycles. The lowest BCUT2D eigenvalue weighted by Gasteiger charge is -2.33. The number of hydrogen-bond acceptors (Lipinski definition) is 3. The number of methoxy groups -OCH3 is 1. The van der Waals surface area contributed by atoms with E-state index in [1.54, 1.807) is 19.3 Å². The van der Waals surface area contributed by atoms with Gasteiger partial charge in [0, 0.05) is 13.1 Å². The Balaban J connectivity index is 1.83. The second kappa shape index (κ2) is 9.50. The second-order valence-corrected chi connectivity index (χ2v) is 6.21. The van der Waals surface area contributed by atoms with Crippen molar-refractivity contribution < 1.29 is 13.9 Å². The summed E-state index contributed by atoms with van der Waals surface area (Å²) >= 11 is 0. The Morgan fingerprint density at radius 2 is 2.13 bits per heavy atom. The fraction of sp³-hybridized carbons (Fsp3) is 0.611. The number of carbonyl (C=O) groups excluding carboxylic acids is 1. The summed E-state index contributed by atoms with van der Waals surface area (Å²) in [6, 6.07) is -0.121.